The smallest absolute Gasteiger partial charge is 0.336 e. The molecule has 1 aliphatic rings. The topological polar surface area (TPSA) is 122 Å². The number of fused-ring (bicyclic) bond motifs is 3. The summed E-state index contributed by atoms with van der Waals surface area (Å²) in [5.74, 6) is -0.491. The average molecular weight is 545 g/mol. The highest BCUT2D eigenvalue weighted by molar-refractivity contribution is 6.09. The fraction of sp³-hybridized carbons (Fsp3) is 0.258. The van der Waals surface area contributed by atoms with Gasteiger partial charge in [0.1, 0.15) is 22.6 Å². The van der Waals surface area contributed by atoms with Crippen LogP contribution >= 0.6 is 0 Å². The highest BCUT2D eigenvalue weighted by Gasteiger charge is 2.37. The number of carbonyl (C=O) groups excluding carboxylic acids is 2. The lowest BCUT2D eigenvalue weighted by Gasteiger charge is -2.28. The zero-order chi connectivity index (χ0) is 28.6. The zero-order valence-corrected chi connectivity index (χ0v) is 22.5. The molecule has 0 unspecified atom stereocenters. The summed E-state index contributed by atoms with van der Waals surface area (Å²) in [6, 6.07) is 14.2. The van der Waals surface area contributed by atoms with Gasteiger partial charge in [0.15, 0.2) is 23.0 Å². The molecule has 1 atom stereocenters. The van der Waals surface area contributed by atoms with Crippen molar-refractivity contribution in [3.63, 3.8) is 0 Å². The standard InChI is InChI=1S/C31H28O9/c1-16-13-24(33)39-30-26(16)29(35)27(17(2)32)31-28(30)21(15-25(34)40-31)19-7-10-22(23(14-19)37-4)38-12-11-18-5-8-20(36-3)9-6-18/h5-10,13-14,21,35H,11-12,15H2,1-4H3/t21-/m0/s1. The maximum atomic E-state index is 12.7. The molecule has 2 heterocycles. The van der Waals surface area contributed by atoms with Crippen molar-refractivity contribution in [3.05, 3.63) is 86.8 Å². The highest BCUT2D eigenvalue weighted by Crippen LogP contribution is 2.50. The van der Waals surface area contributed by atoms with Crippen LogP contribution in [0.5, 0.6) is 28.7 Å². The van der Waals surface area contributed by atoms with Crippen LogP contribution in [0.3, 0.4) is 0 Å². The van der Waals surface area contributed by atoms with Crippen LogP contribution in [-0.2, 0) is 11.2 Å². The summed E-state index contributed by atoms with van der Waals surface area (Å²) < 4.78 is 27.8. The van der Waals surface area contributed by atoms with Crippen LogP contribution < -0.4 is 24.6 Å². The van der Waals surface area contributed by atoms with Gasteiger partial charge >= 0.3 is 11.6 Å². The number of ketones is 1. The molecule has 40 heavy (non-hydrogen) atoms. The van der Waals surface area contributed by atoms with Crippen molar-refractivity contribution in [3.8, 4) is 28.7 Å². The SMILES string of the molecule is COc1ccc(CCOc2ccc([C@@H]3CC(=O)Oc4c(C(C)=O)c(O)c5c(C)cc(=O)oc5c43)cc2OC)cc1. The summed E-state index contributed by atoms with van der Waals surface area (Å²) >= 11 is 0. The van der Waals surface area contributed by atoms with E-state index in [1.165, 1.54) is 20.1 Å². The van der Waals surface area contributed by atoms with Gasteiger partial charge in [-0.25, -0.2) is 4.79 Å². The summed E-state index contributed by atoms with van der Waals surface area (Å²) in [6.45, 7) is 3.31. The van der Waals surface area contributed by atoms with E-state index in [4.69, 9.17) is 23.4 Å². The lowest BCUT2D eigenvalue weighted by Crippen LogP contribution is -2.24. The summed E-state index contributed by atoms with van der Waals surface area (Å²) in [4.78, 5) is 37.7. The van der Waals surface area contributed by atoms with Crippen molar-refractivity contribution in [2.45, 2.75) is 32.6 Å². The predicted octanol–water partition coefficient (Wildman–Crippen LogP) is 5.09. The van der Waals surface area contributed by atoms with E-state index in [-0.39, 0.29) is 28.7 Å². The van der Waals surface area contributed by atoms with Crippen LogP contribution in [0.2, 0.25) is 0 Å². The second-order valence-corrected chi connectivity index (χ2v) is 9.56. The molecule has 0 radical (unpaired) electrons. The van der Waals surface area contributed by atoms with Gasteiger partial charge in [0.05, 0.1) is 32.6 Å². The summed E-state index contributed by atoms with van der Waals surface area (Å²) in [5.41, 5.74) is 1.82. The Kier molecular flexibility index (Phi) is 7.21. The number of carbonyl (C=O) groups is 2. The summed E-state index contributed by atoms with van der Waals surface area (Å²) in [7, 11) is 3.14. The fourth-order valence-electron chi connectivity index (χ4n) is 5.11. The molecule has 0 saturated heterocycles. The summed E-state index contributed by atoms with van der Waals surface area (Å²) in [6.07, 6.45) is 0.584. The second-order valence-electron chi connectivity index (χ2n) is 9.56. The Bertz CT molecular complexity index is 1680. The number of phenolic OH excluding ortho intramolecular Hbond substituents is 1. The molecule has 0 aliphatic carbocycles. The first-order valence-electron chi connectivity index (χ1n) is 12.7. The van der Waals surface area contributed by atoms with Crippen LogP contribution in [0, 0.1) is 6.92 Å². The second kappa shape index (κ2) is 10.8. The van der Waals surface area contributed by atoms with E-state index in [0.717, 1.165) is 11.3 Å². The molecule has 1 aromatic heterocycles. The van der Waals surface area contributed by atoms with Crippen molar-refractivity contribution >= 4 is 22.7 Å². The number of methoxy groups -OCH3 is 2. The molecule has 9 nitrogen and oxygen atoms in total. The summed E-state index contributed by atoms with van der Waals surface area (Å²) in [5, 5.41) is 11.2. The molecule has 3 aromatic carbocycles. The normalized spacial score (nSPS) is 14.4. The Balaban J connectivity index is 1.54. The van der Waals surface area contributed by atoms with Crippen molar-refractivity contribution in [2.75, 3.05) is 20.8 Å². The largest absolute Gasteiger partial charge is 0.506 e. The van der Waals surface area contributed by atoms with Crippen molar-refractivity contribution in [1.82, 2.24) is 0 Å². The van der Waals surface area contributed by atoms with Gasteiger partial charge in [-0.2, -0.15) is 0 Å². The number of aryl methyl sites for hydroxylation is 1. The van der Waals surface area contributed by atoms with Crippen molar-refractivity contribution in [1.29, 1.82) is 0 Å². The van der Waals surface area contributed by atoms with Crippen molar-refractivity contribution in [2.24, 2.45) is 0 Å². The number of benzene rings is 3. The van der Waals surface area contributed by atoms with Gasteiger partial charge in [0.25, 0.3) is 0 Å². The van der Waals surface area contributed by atoms with Gasteiger partial charge in [-0.3, -0.25) is 9.59 Å². The van der Waals surface area contributed by atoms with Gasteiger partial charge in [-0.05, 0) is 54.8 Å². The van der Waals surface area contributed by atoms with Gasteiger partial charge in [-0.1, -0.05) is 18.2 Å². The van der Waals surface area contributed by atoms with Crippen molar-refractivity contribution < 1.29 is 38.1 Å². The maximum absolute atomic E-state index is 12.7. The molecule has 0 fully saturated rings. The number of esters is 1. The zero-order valence-electron chi connectivity index (χ0n) is 22.5. The number of rotatable bonds is 8. The first-order chi connectivity index (χ1) is 19.2. The minimum atomic E-state index is -0.648. The van der Waals surface area contributed by atoms with Crippen LogP contribution in [0.15, 0.2) is 57.7 Å². The van der Waals surface area contributed by atoms with Gasteiger partial charge in [0.2, 0.25) is 0 Å². The van der Waals surface area contributed by atoms with E-state index < -0.39 is 29.0 Å². The Morgan fingerprint density at radius 1 is 1.02 bits per heavy atom. The van der Waals surface area contributed by atoms with E-state index in [0.29, 0.717) is 41.2 Å². The highest BCUT2D eigenvalue weighted by atomic mass is 16.5. The van der Waals surface area contributed by atoms with E-state index >= 15 is 0 Å². The molecule has 1 aliphatic heterocycles. The maximum Gasteiger partial charge on any atom is 0.336 e. The number of hydrogen-bond acceptors (Lipinski definition) is 9. The average Bonchev–Trinajstić information content (AvgIpc) is 2.92. The van der Waals surface area contributed by atoms with Crippen LogP contribution in [0.4, 0.5) is 0 Å². The number of aromatic hydroxyl groups is 1. The molecule has 5 rings (SSSR count). The molecule has 206 valence electrons. The molecular formula is C31H28O9. The molecule has 1 N–H and O–H groups in total. The lowest BCUT2D eigenvalue weighted by atomic mass is 9.82. The lowest BCUT2D eigenvalue weighted by molar-refractivity contribution is -0.135. The first-order valence-corrected chi connectivity index (χ1v) is 12.7. The Morgan fingerprint density at radius 2 is 1.77 bits per heavy atom. The fourth-order valence-corrected chi connectivity index (χ4v) is 5.11. The van der Waals surface area contributed by atoms with Gasteiger partial charge in [0, 0.05) is 24.0 Å². The Morgan fingerprint density at radius 3 is 2.45 bits per heavy atom. The number of Topliss-reactive ketones (excluding diaryl/α,β-unsaturated/α-hetero) is 1. The minimum Gasteiger partial charge on any atom is -0.506 e. The molecule has 0 spiro atoms. The number of ether oxygens (including phenoxy) is 4. The van der Waals surface area contributed by atoms with Gasteiger partial charge < -0.3 is 28.5 Å². The van der Waals surface area contributed by atoms with E-state index in [9.17, 15) is 19.5 Å². The minimum absolute atomic E-state index is 0.0683. The van der Waals surface area contributed by atoms with E-state index in [1.54, 1.807) is 32.2 Å². The molecule has 0 saturated carbocycles. The molecule has 9 heteroatoms. The third kappa shape index (κ3) is 4.86. The van der Waals surface area contributed by atoms with E-state index in [2.05, 4.69) is 0 Å². The first kappa shape index (κ1) is 26.8. The molecule has 0 bridgehead atoms. The quantitative estimate of drug-likeness (QED) is 0.140. The predicted molar refractivity (Wildman–Crippen MR) is 146 cm³/mol. The molecule has 4 aromatic rings. The Labute approximate surface area is 229 Å². The molecular weight excluding hydrogens is 516 g/mol. The number of hydrogen-bond donors (Lipinski definition) is 1. The number of phenols is 1. The van der Waals surface area contributed by atoms with Crippen LogP contribution in [0.1, 0.15) is 51.9 Å². The van der Waals surface area contributed by atoms with Crippen LogP contribution in [0.25, 0.3) is 11.0 Å². The van der Waals surface area contributed by atoms with Crippen LogP contribution in [-0.4, -0.2) is 37.7 Å². The van der Waals surface area contributed by atoms with Gasteiger partial charge in [-0.15, -0.1) is 0 Å². The van der Waals surface area contributed by atoms with E-state index in [1.807, 2.05) is 24.3 Å². The third-order valence-corrected chi connectivity index (χ3v) is 7.03. The monoisotopic (exact) mass is 544 g/mol. The molecule has 0 amide bonds. The third-order valence-electron chi connectivity index (χ3n) is 7.03. The Hall–Kier alpha value is -4.79.